The van der Waals surface area contributed by atoms with Crippen molar-refractivity contribution in [3.05, 3.63) is 18.2 Å². The molecule has 1 aromatic carbocycles. The quantitative estimate of drug-likeness (QED) is 0.797. The molecule has 0 fully saturated rings. The lowest BCUT2D eigenvalue weighted by Gasteiger charge is -2.19. The highest BCUT2D eigenvalue weighted by atomic mass is 32.2. The van der Waals surface area contributed by atoms with Crippen LogP contribution in [0.25, 0.3) is 0 Å². The molecule has 0 bridgehead atoms. The standard InChI is InChI=1S/C10H13NO4S/c1-3-11-7(2)15-10-5-4-8(6-9(10)11)16(12,13)14/h4-7H,3H2,1-2H3,(H,12,13,14). The van der Waals surface area contributed by atoms with E-state index >= 15 is 0 Å². The van der Waals surface area contributed by atoms with Gasteiger partial charge in [-0.15, -0.1) is 0 Å². The molecule has 1 aromatic rings. The second kappa shape index (κ2) is 3.64. The maximum Gasteiger partial charge on any atom is 0.294 e. The zero-order valence-electron chi connectivity index (χ0n) is 9.04. The third kappa shape index (κ3) is 1.74. The van der Waals surface area contributed by atoms with E-state index in [0.717, 1.165) is 0 Å². The Morgan fingerprint density at radius 3 is 2.75 bits per heavy atom. The van der Waals surface area contributed by atoms with Crippen LogP contribution >= 0.6 is 0 Å². The van der Waals surface area contributed by atoms with E-state index in [-0.39, 0.29) is 11.1 Å². The minimum absolute atomic E-state index is 0.109. The maximum atomic E-state index is 11.0. The van der Waals surface area contributed by atoms with Gasteiger partial charge in [0.05, 0.1) is 10.6 Å². The molecule has 0 amide bonds. The van der Waals surface area contributed by atoms with Gasteiger partial charge in [0.2, 0.25) is 0 Å². The highest BCUT2D eigenvalue weighted by Crippen LogP contribution is 2.38. The Morgan fingerprint density at radius 2 is 2.19 bits per heavy atom. The molecule has 6 heteroatoms. The van der Waals surface area contributed by atoms with Crippen LogP contribution in [0.4, 0.5) is 5.69 Å². The van der Waals surface area contributed by atoms with Crippen molar-refractivity contribution in [2.24, 2.45) is 0 Å². The molecule has 0 saturated carbocycles. The minimum atomic E-state index is -4.16. The van der Waals surface area contributed by atoms with Crippen LogP contribution in [0, 0.1) is 0 Å². The molecule has 1 unspecified atom stereocenters. The lowest BCUT2D eigenvalue weighted by atomic mass is 10.3. The number of rotatable bonds is 2. The van der Waals surface area contributed by atoms with Crippen LogP contribution in [0.1, 0.15) is 13.8 Å². The van der Waals surface area contributed by atoms with Gasteiger partial charge < -0.3 is 9.64 Å². The molecule has 0 spiro atoms. The molecule has 1 aliphatic rings. The summed E-state index contributed by atoms with van der Waals surface area (Å²) < 4.78 is 36.5. The van der Waals surface area contributed by atoms with Gasteiger partial charge in [0.15, 0.2) is 6.23 Å². The molecule has 88 valence electrons. The van der Waals surface area contributed by atoms with Gasteiger partial charge in [-0.1, -0.05) is 0 Å². The number of anilines is 1. The molecule has 5 nitrogen and oxygen atoms in total. The van der Waals surface area contributed by atoms with Crippen molar-refractivity contribution in [1.82, 2.24) is 0 Å². The van der Waals surface area contributed by atoms with Gasteiger partial charge in [0.1, 0.15) is 5.75 Å². The summed E-state index contributed by atoms with van der Waals surface area (Å²) in [6, 6.07) is 4.32. The van der Waals surface area contributed by atoms with Crippen molar-refractivity contribution >= 4 is 15.8 Å². The molecule has 0 aromatic heterocycles. The summed E-state index contributed by atoms with van der Waals surface area (Å²) >= 11 is 0. The predicted octanol–water partition coefficient (Wildman–Crippen LogP) is 1.50. The number of nitrogens with zero attached hydrogens (tertiary/aromatic N) is 1. The highest BCUT2D eigenvalue weighted by Gasteiger charge is 2.27. The molecule has 0 aliphatic carbocycles. The van der Waals surface area contributed by atoms with E-state index in [1.54, 1.807) is 6.07 Å². The van der Waals surface area contributed by atoms with E-state index in [1.807, 2.05) is 18.7 Å². The van der Waals surface area contributed by atoms with Crippen molar-refractivity contribution in [2.75, 3.05) is 11.4 Å². The van der Waals surface area contributed by atoms with Crippen molar-refractivity contribution < 1.29 is 17.7 Å². The minimum Gasteiger partial charge on any atom is -0.469 e. The third-order valence-corrected chi connectivity index (χ3v) is 3.46. The molecular weight excluding hydrogens is 230 g/mol. The summed E-state index contributed by atoms with van der Waals surface area (Å²) in [5.74, 6) is 0.641. The first-order chi connectivity index (χ1) is 7.43. The largest absolute Gasteiger partial charge is 0.469 e. The van der Waals surface area contributed by atoms with E-state index in [0.29, 0.717) is 18.0 Å². The van der Waals surface area contributed by atoms with E-state index in [1.165, 1.54) is 12.1 Å². The third-order valence-electron chi connectivity index (χ3n) is 2.61. The van der Waals surface area contributed by atoms with E-state index in [4.69, 9.17) is 9.29 Å². The van der Waals surface area contributed by atoms with Gasteiger partial charge in [-0.25, -0.2) is 0 Å². The predicted molar refractivity (Wildman–Crippen MR) is 59.4 cm³/mol. The van der Waals surface area contributed by atoms with Gasteiger partial charge in [0.25, 0.3) is 10.1 Å². The van der Waals surface area contributed by atoms with Crippen LogP contribution in [0.3, 0.4) is 0 Å². The lowest BCUT2D eigenvalue weighted by molar-refractivity contribution is 0.246. The van der Waals surface area contributed by atoms with Crippen molar-refractivity contribution in [1.29, 1.82) is 0 Å². The van der Waals surface area contributed by atoms with Gasteiger partial charge in [-0.05, 0) is 32.0 Å². The number of hydrogen-bond acceptors (Lipinski definition) is 4. The monoisotopic (exact) mass is 243 g/mol. The highest BCUT2D eigenvalue weighted by molar-refractivity contribution is 7.85. The fourth-order valence-electron chi connectivity index (χ4n) is 1.85. The SMILES string of the molecule is CCN1c2cc(S(=O)(=O)O)ccc2OC1C. The lowest BCUT2D eigenvalue weighted by Crippen LogP contribution is -2.31. The fourth-order valence-corrected chi connectivity index (χ4v) is 2.35. The fraction of sp³-hybridized carbons (Fsp3) is 0.400. The van der Waals surface area contributed by atoms with Crippen molar-refractivity contribution in [3.8, 4) is 5.75 Å². The van der Waals surface area contributed by atoms with Crippen molar-refractivity contribution in [2.45, 2.75) is 25.0 Å². The second-order valence-electron chi connectivity index (χ2n) is 3.61. The smallest absolute Gasteiger partial charge is 0.294 e. The van der Waals surface area contributed by atoms with Crippen LogP contribution in [0.2, 0.25) is 0 Å². The summed E-state index contributed by atoms with van der Waals surface area (Å²) in [5, 5.41) is 0. The molecule has 1 atom stereocenters. The van der Waals surface area contributed by atoms with Gasteiger partial charge in [-0.2, -0.15) is 8.42 Å². The summed E-state index contributed by atoms with van der Waals surface area (Å²) in [6.45, 7) is 4.55. The van der Waals surface area contributed by atoms with Crippen LogP contribution in [0.5, 0.6) is 5.75 Å². The van der Waals surface area contributed by atoms with Gasteiger partial charge in [0, 0.05) is 6.54 Å². The number of hydrogen-bond donors (Lipinski definition) is 1. The zero-order chi connectivity index (χ0) is 11.9. The number of ether oxygens (including phenoxy) is 1. The summed E-state index contributed by atoms with van der Waals surface area (Å²) in [5.41, 5.74) is 0.699. The Kier molecular flexibility index (Phi) is 2.55. The molecule has 16 heavy (non-hydrogen) atoms. The first-order valence-corrected chi connectivity index (χ1v) is 6.42. The molecule has 1 N–H and O–H groups in total. The van der Waals surface area contributed by atoms with Crippen LogP contribution in [0.15, 0.2) is 23.1 Å². The Morgan fingerprint density at radius 1 is 1.50 bits per heavy atom. The van der Waals surface area contributed by atoms with E-state index in [9.17, 15) is 8.42 Å². The zero-order valence-corrected chi connectivity index (χ0v) is 9.86. The Labute approximate surface area is 94.4 Å². The average molecular weight is 243 g/mol. The van der Waals surface area contributed by atoms with Gasteiger partial charge in [-0.3, -0.25) is 4.55 Å². The molecule has 2 rings (SSSR count). The normalized spacial score (nSPS) is 19.4. The summed E-state index contributed by atoms with van der Waals surface area (Å²) in [4.78, 5) is 1.81. The van der Waals surface area contributed by atoms with Gasteiger partial charge >= 0.3 is 0 Å². The van der Waals surface area contributed by atoms with Crippen LogP contribution in [-0.2, 0) is 10.1 Å². The molecule has 0 saturated heterocycles. The Hall–Kier alpha value is -1.27. The molecule has 1 aliphatic heterocycles. The molecule has 1 heterocycles. The van der Waals surface area contributed by atoms with Crippen LogP contribution < -0.4 is 9.64 Å². The number of benzene rings is 1. The molecular formula is C10H13NO4S. The topological polar surface area (TPSA) is 66.8 Å². The maximum absolute atomic E-state index is 11.0. The van der Waals surface area contributed by atoms with E-state index in [2.05, 4.69) is 0 Å². The summed E-state index contributed by atoms with van der Waals surface area (Å²) in [7, 11) is -4.16. The Bertz CT molecular complexity index is 512. The first-order valence-electron chi connectivity index (χ1n) is 4.98. The van der Waals surface area contributed by atoms with E-state index < -0.39 is 10.1 Å². The van der Waals surface area contributed by atoms with Crippen molar-refractivity contribution in [3.63, 3.8) is 0 Å². The summed E-state index contributed by atoms with van der Waals surface area (Å²) in [6.07, 6.45) is -0.114. The second-order valence-corrected chi connectivity index (χ2v) is 5.03. The first kappa shape index (κ1) is 11.2. The molecule has 0 radical (unpaired) electrons. The Balaban J connectivity index is 2.52. The average Bonchev–Trinajstić information content (AvgIpc) is 2.50. The van der Waals surface area contributed by atoms with Crippen LogP contribution in [-0.4, -0.2) is 25.7 Å². The number of fused-ring (bicyclic) bond motifs is 1.